The van der Waals surface area contributed by atoms with Gasteiger partial charge in [0.2, 0.25) is 0 Å². The summed E-state index contributed by atoms with van der Waals surface area (Å²) in [4.78, 5) is 2.38. The van der Waals surface area contributed by atoms with Gasteiger partial charge < -0.3 is 13.9 Å². The van der Waals surface area contributed by atoms with E-state index < -0.39 is 0 Å². The molecule has 4 heteroatoms. The summed E-state index contributed by atoms with van der Waals surface area (Å²) in [5, 5.41) is 7.24. The molecule has 3 heterocycles. The molecule has 10 aromatic carbocycles. The Balaban J connectivity index is 1.02. The minimum atomic E-state index is 0.896. The van der Waals surface area contributed by atoms with Crippen molar-refractivity contribution in [3.8, 4) is 39.1 Å². The monoisotopic (exact) mass is 834 g/mol. The first kappa shape index (κ1) is 36.5. The molecule has 13 rings (SSSR count). The van der Waals surface area contributed by atoms with Gasteiger partial charge >= 0.3 is 0 Å². The number of aromatic nitrogens is 1. The molecule has 3 aromatic heterocycles. The fourth-order valence-corrected chi connectivity index (χ4v) is 11.0. The van der Waals surface area contributed by atoms with Crippen molar-refractivity contribution in [3.63, 3.8) is 0 Å². The van der Waals surface area contributed by atoms with Crippen LogP contribution in [0.15, 0.2) is 235 Å². The molecule has 0 N–H and O–H groups in total. The third kappa shape index (κ3) is 5.88. The van der Waals surface area contributed by atoms with Crippen molar-refractivity contribution in [1.29, 1.82) is 0 Å². The van der Waals surface area contributed by atoms with Gasteiger partial charge in [-0.1, -0.05) is 152 Å². The van der Waals surface area contributed by atoms with Gasteiger partial charge in [-0.2, -0.15) is 0 Å². The predicted octanol–water partition coefficient (Wildman–Crippen LogP) is 17.5. The summed E-state index contributed by atoms with van der Waals surface area (Å²) in [6, 6.07) is 83.4. The van der Waals surface area contributed by atoms with Crippen molar-refractivity contribution < 1.29 is 4.42 Å². The number of para-hydroxylation sites is 2. The van der Waals surface area contributed by atoms with Crippen molar-refractivity contribution >= 4 is 92.3 Å². The second kappa shape index (κ2) is 14.7. The van der Waals surface area contributed by atoms with Gasteiger partial charge in [-0.25, -0.2) is 0 Å². The van der Waals surface area contributed by atoms with Crippen LogP contribution in [0.1, 0.15) is 0 Å². The van der Waals surface area contributed by atoms with E-state index in [4.69, 9.17) is 4.42 Å². The number of hydrogen-bond donors (Lipinski definition) is 0. The van der Waals surface area contributed by atoms with Crippen LogP contribution in [0.4, 0.5) is 17.1 Å². The Morgan fingerprint density at radius 1 is 0.375 bits per heavy atom. The molecule has 0 saturated carbocycles. The Bertz CT molecular complexity index is 3800. The lowest BCUT2D eigenvalue weighted by Crippen LogP contribution is -2.10. The van der Waals surface area contributed by atoms with Crippen LogP contribution in [-0.2, 0) is 0 Å². The molecule has 300 valence electrons. The molecule has 0 aliphatic carbocycles. The Morgan fingerprint density at radius 3 is 1.67 bits per heavy atom. The maximum absolute atomic E-state index is 6.30. The van der Waals surface area contributed by atoms with Crippen LogP contribution in [0.25, 0.3) is 103 Å². The van der Waals surface area contributed by atoms with E-state index in [0.717, 1.165) is 44.7 Å². The largest absolute Gasteiger partial charge is 0.456 e. The number of rotatable bonds is 7. The first-order valence-corrected chi connectivity index (χ1v) is 22.6. The van der Waals surface area contributed by atoms with E-state index in [9.17, 15) is 0 Å². The Kier molecular flexibility index (Phi) is 8.40. The summed E-state index contributed by atoms with van der Waals surface area (Å²) in [5.41, 5.74) is 15.8. The van der Waals surface area contributed by atoms with Crippen LogP contribution in [0.5, 0.6) is 0 Å². The van der Waals surface area contributed by atoms with Gasteiger partial charge in [-0.15, -0.1) is 11.3 Å². The molecule has 0 aliphatic rings. The van der Waals surface area contributed by atoms with Gasteiger partial charge in [0.15, 0.2) is 0 Å². The maximum Gasteiger partial charge on any atom is 0.135 e. The Hall–Kier alpha value is -8.18. The maximum atomic E-state index is 6.30. The van der Waals surface area contributed by atoms with Gasteiger partial charge in [0, 0.05) is 70.0 Å². The highest BCUT2D eigenvalue weighted by Crippen LogP contribution is 2.49. The van der Waals surface area contributed by atoms with Gasteiger partial charge in [0.1, 0.15) is 11.2 Å². The van der Waals surface area contributed by atoms with Crippen LogP contribution in [0.3, 0.4) is 0 Å². The first-order valence-electron chi connectivity index (χ1n) is 21.7. The second-order valence-electron chi connectivity index (χ2n) is 16.5. The molecule has 64 heavy (non-hydrogen) atoms. The molecule has 0 bridgehead atoms. The molecule has 0 amide bonds. The predicted molar refractivity (Wildman–Crippen MR) is 272 cm³/mol. The van der Waals surface area contributed by atoms with Gasteiger partial charge in [-0.05, 0) is 107 Å². The Morgan fingerprint density at radius 2 is 0.953 bits per heavy atom. The molecule has 0 aliphatic heterocycles. The number of thiophene rings is 1. The number of nitrogens with zero attached hydrogens (tertiary/aromatic N) is 2. The van der Waals surface area contributed by atoms with Crippen LogP contribution in [-0.4, -0.2) is 4.57 Å². The molecule has 0 atom stereocenters. The van der Waals surface area contributed by atoms with E-state index in [1.807, 2.05) is 17.4 Å². The number of hydrogen-bond acceptors (Lipinski definition) is 3. The summed E-state index contributed by atoms with van der Waals surface area (Å²) in [7, 11) is 0. The zero-order valence-corrected chi connectivity index (χ0v) is 35.5. The van der Waals surface area contributed by atoms with E-state index in [-0.39, 0.29) is 0 Å². The van der Waals surface area contributed by atoms with Crippen molar-refractivity contribution in [3.05, 3.63) is 231 Å². The average Bonchev–Trinajstić information content (AvgIpc) is 4.04. The molecular weight excluding hydrogens is 797 g/mol. The number of fused-ring (bicyclic) bond motifs is 10. The standard InChI is InChI=1S/C60H38N2OS/c1-3-14-39(15-4-1)41-26-30-44(31-27-41)61(45-32-28-42(29-33-45)40-16-5-2-6-17-40)46-19-13-18-43(36-46)51-38-53-48-20-7-10-23-54(48)62(59(53)58-50-22-9-12-25-57(50)64-60(51)58)47-34-35-56-52(37-47)49-21-8-11-24-55(49)63-56/h1-38H. The molecule has 3 nitrogen and oxygen atoms in total. The molecular formula is C60H38N2OS. The smallest absolute Gasteiger partial charge is 0.135 e. The fraction of sp³-hybridized carbons (Fsp3) is 0. The van der Waals surface area contributed by atoms with E-state index in [1.54, 1.807) is 0 Å². The summed E-state index contributed by atoms with van der Waals surface area (Å²) in [6.07, 6.45) is 0. The van der Waals surface area contributed by atoms with Gasteiger partial charge in [0.05, 0.1) is 11.0 Å². The fourth-order valence-electron chi connectivity index (χ4n) is 9.80. The van der Waals surface area contributed by atoms with Crippen LogP contribution < -0.4 is 4.90 Å². The van der Waals surface area contributed by atoms with Crippen LogP contribution in [0, 0.1) is 0 Å². The highest BCUT2D eigenvalue weighted by Gasteiger charge is 2.23. The molecule has 0 spiro atoms. The number of anilines is 3. The molecule has 0 unspecified atom stereocenters. The van der Waals surface area contributed by atoms with E-state index in [1.165, 1.54) is 75.4 Å². The molecule has 13 aromatic rings. The van der Waals surface area contributed by atoms with Crippen molar-refractivity contribution in [2.45, 2.75) is 0 Å². The highest BCUT2D eigenvalue weighted by molar-refractivity contribution is 7.26. The van der Waals surface area contributed by atoms with Gasteiger partial charge in [0.25, 0.3) is 0 Å². The highest BCUT2D eigenvalue weighted by atomic mass is 32.1. The zero-order chi connectivity index (χ0) is 42.1. The third-order valence-electron chi connectivity index (χ3n) is 12.8. The van der Waals surface area contributed by atoms with Crippen LogP contribution >= 0.6 is 11.3 Å². The summed E-state index contributed by atoms with van der Waals surface area (Å²) >= 11 is 1.88. The average molecular weight is 835 g/mol. The minimum absolute atomic E-state index is 0.896. The second-order valence-corrected chi connectivity index (χ2v) is 17.5. The quantitative estimate of drug-likeness (QED) is 0.159. The topological polar surface area (TPSA) is 21.3 Å². The van der Waals surface area contributed by atoms with E-state index in [0.29, 0.717) is 0 Å². The van der Waals surface area contributed by atoms with Crippen molar-refractivity contribution in [1.82, 2.24) is 4.57 Å². The van der Waals surface area contributed by atoms with Crippen LogP contribution in [0.2, 0.25) is 0 Å². The SMILES string of the molecule is c1ccc(-c2ccc(N(c3ccc(-c4ccccc4)cc3)c3cccc(-c4cc5c6ccccc6n(-c6ccc7oc8ccccc8c7c6)c5c5c4sc4ccccc45)c3)cc2)cc1. The van der Waals surface area contributed by atoms with Crippen molar-refractivity contribution in [2.24, 2.45) is 0 Å². The molecule has 0 saturated heterocycles. The van der Waals surface area contributed by atoms with Gasteiger partial charge in [-0.3, -0.25) is 0 Å². The minimum Gasteiger partial charge on any atom is -0.456 e. The van der Waals surface area contributed by atoms with E-state index in [2.05, 4.69) is 234 Å². The summed E-state index contributed by atoms with van der Waals surface area (Å²) < 4.78 is 11.3. The Labute approximate surface area is 373 Å². The number of furan rings is 1. The summed E-state index contributed by atoms with van der Waals surface area (Å²) in [5.74, 6) is 0. The van der Waals surface area contributed by atoms with E-state index >= 15 is 0 Å². The summed E-state index contributed by atoms with van der Waals surface area (Å²) in [6.45, 7) is 0. The zero-order valence-electron chi connectivity index (χ0n) is 34.7. The molecule has 0 fully saturated rings. The lowest BCUT2D eigenvalue weighted by atomic mass is 9.98. The van der Waals surface area contributed by atoms with Crippen molar-refractivity contribution in [2.75, 3.05) is 4.90 Å². The third-order valence-corrected chi connectivity index (χ3v) is 14.0. The lowest BCUT2D eigenvalue weighted by molar-refractivity contribution is 0.669. The first-order chi connectivity index (χ1) is 31.7. The number of benzene rings is 10. The normalized spacial score (nSPS) is 11.8. The lowest BCUT2D eigenvalue weighted by Gasteiger charge is -2.26. The molecule has 0 radical (unpaired) electrons.